The SMILES string of the molecule is [2H]C([2H])([2H])N([C@H](C(=O)O)C(C)C)C([2H])([2H])[2H]. The lowest BCUT2D eigenvalue weighted by Gasteiger charge is -2.22. The molecule has 0 bridgehead atoms. The maximum Gasteiger partial charge on any atom is 0.321 e. The molecule has 10 heavy (non-hydrogen) atoms. The van der Waals surface area contributed by atoms with Crippen molar-refractivity contribution in [2.75, 3.05) is 14.0 Å². The molecule has 0 fully saturated rings. The summed E-state index contributed by atoms with van der Waals surface area (Å²) in [5, 5.41) is 8.90. The van der Waals surface area contributed by atoms with Gasteiger partial charge in [0.2, 0.25) is 0 Å². The molecule has 0 heterocycles. The zero-order chi connectivity index (χ0) is 13.3. The second-order valence-electron chi connectivity index (χ2n) is 2.40. The molecule has 0 aromatic rings. The van der Waals surface area contributed by atoms with E-state index in [9.17, 15) is 4.79 Å². The molecule has 1 N–H and O–H groups in total. The van der Waals surface area contributed by atoms with Crippen LogP contribution in [0.5, 0.6) is 0 Å². The summed E-state index contributed by atoms with van der Waals surface area (Å²) in [5.41, 5.74) is 0. The van der Waals surface area contributed by atoms with Crippen molar-refractivity contribution in [3.05, 3.63) is 0 Å². The van der Waals surface area contributed by atoms with E-state index in [0.29, 0.717) is 0 Å². The highest BCUT2D eigenvalue weighted by molar-refractivity contribution is 5.73. The Morgan fingerprint density at radius 3 is 2.20 bits per heavy atom. The van der Waals surface area contributed by atoms with Crippen LogP contribution in [0.2, 0.25) is 0 Å². The second kappa shape index (κ2) is 3.56. The van der Waals surface area contributed by atoms with Gasteiger partial charge >= 0.3 is 5.97 Å². The summed E-state index contributed by atoms with van der Waals surface area (Å²) in [6, 6.07) is -1.57. The Bertz CT molecular complexity index is 245. The fourth-order valence-corrected chi connectivity index (χ4v) is 0.694. The molecule has 0 rings (SSSR count). The van der Waals surface area contributed by atoms with Crippen LogP contribution >= 0.6 is 0 Å². The first-order valence-electron chi connectivity index (χ1n) is 5.91. The summed E-state index contributed by atoms with van der Waals surface area (Å²) in [5.74, 6) is -2.08. The first-order valence-corrected chi connectivity index (χ1v) is 2.91. The van der Waals surface area contributed by atoms with Crippen LogP contribution in [0.4, 0.5) is 0 Å². The van der Waals surface area contributed by atoms with Gasteiger partial charge in [0, 0.05) is 8.22 Å². The minimum Gasteiger partial charge on any atom is -0.480 e. The monoisotopic (exact) mass is 151 g/mol. The highest BCUT2D eigenvalue weighted by Gasteiger charge is 2.22. The molecule has 1 atom stereocenters. The molecule has 0 aromatic carbocycles. The van der Waals surface area contributed by atoms with Crippen molar-refractivity contribution in [2.45, 2.75) is 19.9 Å². The predicted molar refractivity (Wildman–Crippen MR) is 39.9 cm³/mol. The molecule has 0 spiro atoms. The van der Waals surface area contributed by atoms with Crippen LogP contribution < -0.4 is 0 Å². The molecule has 0 aromatic heterocycles. The van der Waals surface area contributed by atoms with Gasteiger partial charge in [0.15, 0.2) is 0 Å². The molecule has 0 aliphatic carbocycles. The van der Waals surface area contributed by atoms with Gasteiger partial charge in [-0.15, -0.1) is 0 Å². The molecule has 0 saturated heterocycles. The Morgan fingerprint density at radius 2 is 2.10 bits per heavy atom. The van der Waals surface area contributed by atoms with Gasteiger partial charge in [0.05, 0.1) is 0 Å². The van der Waals surface area contributed by atoms with E-state index in [-0.39, 0.29) is 4.90 Å². The Balaban J connectivity index is 5.41. The number of hydrogen-bond donors (Lipinski definition) is 1. The molecule has 0 aliphatic heterocycles. The Hall–Kier alpha value is -0.570. The van der Waals surface area contributed by atoms with E-state index >= 15 is 0 Å². The molecule has 3 heteroatoms. The van der Waals surface area contributed by atoms with Gasteiger partial charge < -0.3 is 5.11 Å². The minimum absolute atomic E-state index is 0.0903. The quantitative estimate of drug-likeness (QED) is 0.644. The van der Waals surface area contributed by atoms with Crippen LogP contribution in [0, 0.1) is 5.92 Å². The molecule has 0 radical (unpaired) electrons. The number of carboxylic acid groups (broad SMARTS) is 1. The normalized spacial score (nSPS) is 25.6. The van der Waals surface area contributed by atoms with Crippen molar-refractivity contribution in [1.82, 2.24) is 4.90 Å². The van der Waals surface area contributed by atoms with E-state index in [1.165, 1.54) is 13.8 Å². The summed E-state index contributed by atoms with van der Waals surface area (Å²) in [6.45, 7) is -3.02. The number of hydrogen-bond acceptors (Lipinski definition) is 2. The van der Waals surface area contributed by atoms with Gasteiger partial charge in [-0.2, -0.15) is 0 Å². The van der Waals surface area contributed by atoms with Gasteiger partial charge in [-0.25, -0.2) is 0 Å². The van der Waals surface area contributed by atoms with E-state index in [0.717, 1.165) is 0 Å². The van der Waals surface area contributed by atoms with Crippen molar-refractivity contribution < 1.29 is 18.1 Å². The average Bonchev–Trinajstić information content (AvgIpc) is 1.93. The molecular formula is C7H15NO2. The predicted octanol–water partition coefficient (Wildman–Crippen LogP) is 0.657. The Morgan fingerprint density at radius 1 is 1.60 bits per heavy atom. The van der Waals surface area contributed by atoms with Crippen molar-refractivity contribution >= 4 is 5.97 Å². The smallest absolute Gasteiger partial charge is 0.321 e. The van der Waals surface area contributed by atoms with E-state index in [4.69, 9.17) is 13.3 Å². The number of nitrogens with zero attached hydrogens (tertiary/aromatic N) is 1. The first-order chi connectivity index (χ1) is 6.89. The third-order valence-corrected chi connectivity index (χ3v) is 1.16. The van der Waals surface area contributed by atoms with E-state index in [2.05, 4.69) is 0 Å². The topological polar surface area (TPSA) is 40.5 Å². The molecular weight excluding hydrogens is 130 g/mol. The zero-order valence-electron chi connectivity index (χ0n) is 12.0. The first kappa shape index (κ1) is 3.22. The van der Waals surface area contributed by atoms with E-state index < -0.39 is 31.9 Å². The summed E-state index contributed by atoms with van der Waals surface area (Å²) in [4.78, 5) is 11.0. The fourth-order valence-electron chi connectivity index (χ4n) is 0.694. The highest BCUT2D eigenvalue weighted by atomic mass is 16.4. The summed E-state index contributed by atoms with van der Waals surface area (Å²) in [6.07, 6.45) is 0. The van der Waals surface area contributed by atoms with Gasteiger partial charge in [-0.3, -0.25) is 9.69 Å². The minimum atomic E-state index is -2.97. The number of carbonyl (C=O) groups is 1. The van der Waals surface area contributed by atoms with Crippen LogP contribution in [0.1, 0.15) is 22.1 Å². The third kappa shape index (κ3) is 2.35. The number of carboxylic acids is 1. The molecule has 3 nitrogen and oxygen atoms in total. The maximum absolute atomic E-state index is 10.9. The van der Waals surface area contributed by atoms with Crippen LogP contribution in [-0.2, 0) is 4.79 Å². The largest absolute Gasteiger partial charge is 0.480 e. The standard InChI is InChI=1S/C7H15NO2/c1-5(2)6(7(9)10)8(3)4/h5-6H,1-4H3,(H,9,10)/t6-/m0/s1/i3D3,4D3. The van der Waals surface area contributed by atoms with E-state index in [1.54, 1.807) is 0 Å². The summed E-state index contributed by atoms with van der Waals surface area (Å²) < 4.78 is 42.6. The van der Waals surface area contributed by atoms with Gasteiger partial charge in [0.1, 0.15) is 6.04 Å². The highest BCUT2D eigenvalue weighted by Crippen LogP contribution is 2.06. The maximum atomic E-state index is 10.9. The lowest BCUT2D eigenvalue weighted by Crippen LogP contribution is -2.39. The van der Waals surface area contributed by atoms with Crippen molar-refractivity contribution in [2.24, 2.45) is 5.92 Å². The van der Waals surface area contributed by atoms with Crippen molar-refractivity contribution in [3.63, 3.8) is 0 Å². The third-order valence-electron chi connectivity index (χ3n) is 1.16. The van der Waals surface area contributed by atoms with Gasteiger partial charge in [0.25, 0.3) is 0 Å². The van der Waals surface area contributed by atoms with Crippen LogP contribution in [0.3, 0.4) is 0 Å². The Kier molecular flexibility index (Phi) is 1.15. The Labute approximate surface area is 70.1 Å². The lowest BCUT2D eigenvalue weighted by molar-refractivity contribution is -0.143. The fraction of sp³-hybridized carbons (Fsp3) is 0.857. The van der Waals surface area contributed by atoms with Gasteiger partial charge in [-0.05, 0) is 19.9 Å². The molecule has 0 aliphatic rings. The molecule has 0 amide bonds. The second-order valence-corrected chi connectivity index (χ2v) is 2.40. The van der Waals surface area contributed by atoms with Gasteiger partial charge in [-0.1, -0.05) is 13.8 Å². The molecule has 0 unspecified atom stereocenters. The zero-order valence-corrected chi connectivity index (χ0v) is 5.96. The van der Waals surface area contributed by atoms with Crippen molar-refractivity contribution in [1.29, 1.82) is 0 Å². The van der Waals surface area contributed by atoms with Crippen LogP contribution in [0.25, 0.3) is 0 Å². The van der Waals surface area contributed by atoms with E-state index in [1.807, 2.05) is 0 Å². The summed E-state index contributed by atoms with van der Waals surface area (Å²) >= 11 is 0. The van der Waals surface area contributed by atoms with Crippen molar-refractivity contribution in [3.8, 4) is 0 Å². The molecule has 60 valence electrons. The lowest BCUT2D eigenvalue weighted by atomic mass is 10.0. The number of rotatable bonds is 3. The molecule has 0 saturated carbocycles. The van der Waals surface area contributed by atoms with Crippen LogP contribution in [0.15, 0.2) is 0 Å². The van der Waals surface area contributed by atoms with Crippen LogP contribution in [-0.4, -0.2) is 36.0 Å². The average molecular weight is 151 g/mol. The summed E-state index contributed by atoms with van der Waals surface area (Å²) in [7, 11) is 0. The number of aliphatic carboxylic acids is 1. The number of likely N-dealkylation sites (N-methyl/N-ethyl adjacent to an activating group) is 1.